The van der Waals surface area contributed by atoms with Gasteiger partial charge < -0.3 is 4.74 Å². The minimum atomic E-state index is -0.307. The van der Waals surface area contributed by atoms with Crippen LogP contribution >= 0.6 is 0 Å². The second kappa shape index (κ2) is 7.94. The summed E-state index contributed by atoms with van der Waals surface area (Å²) < 4.78 is 8.53. The van der Waals surface area contributed by atoms with Crippen LogP contribution in [0.1, 0.15) is 22.3 Å². The van der Waals surface area contributed by atoms with E-state index in [1.807, 2.05) is 50.4 Å². The molecule has 0 aliphatic carbocycles. The van der Waals surface area contributed by atoms with Crippen molar-refractivity contribution in [3.8, 4) is 22.7 Å². The first-order valence-electron chi connectivity index (χ1n) is 9.69. The lowest BCUT2D eigenvalue weighted by Crippen LogP contribution is -2.23. The number of tetrazole rings is 1. The summed E-state index contributed by atoms with van der Waals surface area (Å²) in [5.41, 5.74) is 6.57. The van der Waals surface area contributed by atoms with E-state index < -0.39 is 0 Å². The SMILES string of the molecule is Cc1ccccc1-c1cnc(OCc2c(C)cccc2-n2nnn(C)c2=O)c(C)c1. The van der Waals surface area contributed by atoms with Gasteiger partial charge in [-0.05, 0) is 60.0 Å². The summed E-state index contributed by atoms with van der Waals surface area (Å²) in [6.07, 6.45) is 1.83. The Kier molecular flexibility index (Phi) is 5.18. The Hall–Kier alpha value is -3.74. The van der Waals surface area contributed by atoms with Crippen LogP contribution in [-0.2, 0) is 13.7 Å². The minimum Gasteiger partial charge on any atom is -0.473 e. The third-order valence-electron chi connectivity index (χ3n) is 5.17. The summed E-state index contributed by atoms with van der Waals surface area (Å²) in [5.74, 6) is 0.563. The van der Waals surface area contributed by atoms with Crippen molar-refractivity contribution >= 4 is 0 Å². The van der Waals surface area contributed by atoms with E-state index in [9.17, 15) is 4.79 Å². The Labute approximate surface area is 174 Å². The zero-order chi connectivity index (χ0) is 21.3. The van der Waals surface area contributed by atoms with Gasteiger partial charge in [0.1, 0.15) is 6.61 Å². The molecule has 0 atom stereocenters. The van der Waals surface area contributed by atoms with Crippen molar-refractivity contribution in [3.05, 3.63) is 87.5 Å². The smallest absolute Gasteiger partial charge is 0.368 e. The quantitative estimate of drug-likeness (QED) is 0.511. The molecule has 0 radical (unpaired) electrons. The molecular formula is C23H23N5O2. The first kappa shape index (κ1) is 19.6. The number of hydrogen-bond acceptors (Lipinski definition) is 5. The average molecular weight is 401 g/mol. The van der Waals surface area contributed by atoms with Gasteiger partial charge in [-0.1, -0.05) is 36.4 Å². The number of hydrogen-bond donors (Lipinski definition) is 0. The molecule has 4 aromatic rings. The Balaban J connectivity index is 1.62. The van der Waals surface area contributed by atoms with Crippen molar-refractivity contribution in [2.24, 2.45) is 7.05 Å². The summed E-state index contributed by atoms with van der Waals surface area (Å²) in [6.45, 7) is 6.31. The van der Waals surface area contributed by atoms with Crippen LogP contribution in [0.3, 0.4) is 0 Å². The zero-order valence-corrected chi connectivity index (χ0v) is 17.5. The summed E-state index contributed by atoms with van der Waals surface area (Å²) in [5, 5.41) is 7.76. The third-order valence-corrected chi connectivity index (χ3v) is 5.17. The topological polar surface area (TPSA) is 74.8 Å². The van der Waals surface area contributed by atoms with Gasteiger partial charge >= 0.3 is 5.69 Å². The molecule has 0 fully saturated rings. The highest BCUT2D eigenvalue weighted by Gasteiger charge is 2.14. The number of ether oxygens (including phenoxy) is 1. The summed E-state index contributed by atoms with van der Waals surface area (Å²) in [4.78, 5) is 16.9. The molecule has 0 bridgehead atoms. The van der Waals surface area contributed by atoms with E-state index in [-0.39, 0.29) is 12.3 Å². The zero-order valence-electron chi connectivity index (χ0n) is 17.5. The lowest BCUT2D eigenvalue weighted by Gasteiger charge is -2.14. The Morgan fingerprint density at radius 2 is 1.70 bits per heavy atom. The fourth-order valence-electron chi connectivity index (χ4n) is 3.44. The van der Waals surface area contributed by atoms with Crippen LogP contribution < -0.4 is 10.4 Å². The maximum Gasteiger partial charge on any atom is 0.368 e. The summed E-state index contributed by atoms with van der Waals surface area (Å²) in [7, 11) is 1.57. The van der Waals surface area contributed by atoms with Gasteiger partial charge in [-0.3, -0.25) is 0 Å². The van der Waals surface area contributed by atoms with Crippen LogP contribution in [0, 0.1) is 20.8 Å². The van der Waals surface area contributed by atoms with E-state index in [2.05, 4.69) is 40.5 Å². The van der Waals surface area contributed by atoms with Gasteiger partial charge in [0.25, 0.3) is 0 Å². The molecular weight excluding hydrogens is 378 g/mol. The highest BCUT2D eigenvalue weighted by molar-refractivity contribution is 5.67. The molecule has 0 aliphatic rings. The molecule has 7 nitrogen and oxygen atoms in total. The molecule has 0 amide bonds. The summed E-state index contributed by atoms with van der Waals surface area (Å²) >= 11 is 0. The number of rotatable bonds is 5. The molecule has 0 spiro atoms. The molecule has 4 rings (SSSR count). The average Bonchev–Trinajstić information content (AvgIpc) is 3.06. The number of pyridine rings is 1. The Bertz CT molecular complexity index is 1270. The first-order valence-corrected chi connectivity index (χ1v) is 9.69. The fourth-order valence-corrected chi connectivity index (χ4v) is 3.44. The van der Waals surface area contributed by atoms with Gasteiger partial charge in [-0.2, -0.15) is 9.36 Å². The van der Waals surface area contributed by atoms with E-state index in [4.69, 9.17) is 4.74 Å². The van der Waals surface area contributed by atoms with E-state index >= 15 is 0 Å². The van der Waals surface area contributed by atoms with Crippen LogP contribution in [-0.4, -0.2) is 24.8 Å². The predicted octanol–water partition coefficient (Wildman–Crippen LogP) is 3.53. The molecule has 152 valence electrons. The van der Waals surface area contributed by atoms with Gasteiger partial charge in [0.05, 0.1) is 5.69 Å². The fraction of sp³-hybridized carbons (Fsp3) is 0.217. The molecule has 0 aliphatic heterocycles. The largest absolute Gasteiger partial charge is 0.473 e. The molecule has 7 heteroatoms. The molecule has 0 saturated heterocycles. The number of aryl methyl sites for hydroxylation is 4. The molecule has 0 saturated carbocycles. The lowest BCUT2D eigenvalue weighted by molar-refractivity contribution is 0.290. The van der Waals surface area contributed by atoms with E-state index in [1.54, 1.807) is 7.05 Å². The first-order chi connectivity index (χ1) is 14.5. The maximum absolute atomic E-state index is 12.3. The van der Waals surface area contributed by atoms with Crippen molar-refractivity contribution in [3.63, 3.8) is 0 Å². The predicted molar refractivity (Wildman–Crippen MR) is 115 cm³/mol. The summed E-state index contributed by atoms with van der Waals surface area (Å²) in [6, 6.07) is 16.0. The van der Waals surface area contributed by atoms with Crippen molar-refractivity contribution in [1.29, 1.82) is 0 Å². The maximum atomic E-state index is 12.3. The van der Waals surface area contributed by atoms with Crippen LogP contribution in [0.25, 0.3) is 16.8 Å². The molecule has 2 aromatic carbocycles. The number of benzene rings is 2. The van der Waals surface area contributed by atoms with Crippen molar-refractivity contribution in [2.75, 3.05) is 0 Å². The minimum absolute atomic E-state index is 0.266. The van der Waals surface area contributed by atoms with Gasteiger partial charge in [-0.25, -0.2) is 9.78 Å². The molecule has 30 heavy (non-hydrogen) atoms. The molecule has 2 heterocycles. The second-order valence-electron chi connectivity index (χ2n) is 7.32. The lowest BCUT2D eigenvalue weighted by atomic mass is 10.0. The third kappa shape index (κ3) is 3.61. The number of nitrogens with zero attached hydrogens (tertiary/aromatic N) is 5. The van der Waals surface area contributed by atoms with Gasteiger partial charge in [0.2, 0.25) is 5.88 Å². The Morgan fingerprint density at radius 3 is 2.40 bits per heavy atom. The van der Waals surface area contributed by atoms with Crippen LogP contribution in [0.15, 0.2) is 59.5 Å². The second-order valence-corrected chi connectivity index (χ2v) is 7.32. The van der Waals surface area contributed by atoms with Crippen molar-refractivity contribution in [1.82, 2.24) is 24.8 Å². The van der Waals surface area contributed by atoms with E-state index in [0.29, 0.717) is 11.6 Å². The van der Waals surface area contributed by atoms with Gasteiger partial charge in [-0.15, -0.1) is 0 Å². The van der Waals surface area contributed by atoms with Crippen LogP contribution in [0.2, 0.25) is 0 Å². The molecule has 0 N–H and O–H groups in total. The van der Waals surface area contributed by atoms with Gasteiger partial charge in [0.15, 0.2) is 0 Å². The Morgan fingerprint density at radius 1 is 0.933 bits per heavy atom. The van der Waals surface area contributed by atoms with Crippen LogP contribution in [0.4, 0.5) is 0 Å². The highest BCUT2D eigenvalue weighted by atomic mass is 16.5. The normalized spacial score (nSPS) is 10.9. The van der Waals surface area contributed by atoms with E-state index in [1.165, 1.54) is 14.9 Å². The highest BCUT2D eigenvalue weighted by Crippen LogP contribution is 2.27. The number of aromatic nitrogens is 5. The molecule has 0 unspecified atom stereocenters. The van der Waals surface area contributed by atoms with E-state index in [0.717, 1.165) is 27.8 Å². The van der Waals surface area contributed by atoms with Crippen molar-refractivity contribution < 1.29 is 4.74 Å². The van der Waals surface area contributed by atoms with Crippen LogP contribution in [0.5, 0.6) is 5.88 Å². The standard InChI is InChI=1S/C23H23N5O2/c1-15-8-5-6-10-19(15)18-12-17(3)22(24-13-18)30-14-20-16(2)9-7-11-21(20)28-23(29)27(4)25-26-28/h5-13H,14H2,1-4H3. The molecule has 2 aromatic heterocycles. The monoisotopic (exact) mass is 401 g/mol. The van der Waals surface area contributed by atoms with Crippen molar-refractivity contribution in [2.45, 2.75) is 27.4 Å². The van der Waals surface area contributed by atoms with Gasteiger partial charge in [0, 0.05) is 29.9 Å².